The van der Waals surface area contributed by atoms with Crippen molar-refractivity contribution in [2.75, 3.05) is 12.3 Å². The number of pyridine rings is 1. The fourth-order valence-corrected chi connectivity index (χ4v) is 3.59. The Bertz CT molecular complexity index is 1290. The van der Waals surface area contributed by atoms with Crippen LogP contribution in [-0.2, 0) is 0 Å². The Morgan fingerprint density at radius 2 is 1.56 bits per heavy atom. The number of para-hydroxylation sites is 1. The zero-order valence-corrected chi connectivity index (χ0v) is 19.3. The van der Waals surface area contributed by atoms with Gasteiger partial charge in [-0.05, 0) is 47.9 Å². The molecule has 6 nitrogen and oxygen atoms in total. The molecule has 4 rings (SSSR count). The molecule has 1 heterocycles. The van der Waals surface area contributed by atoms with Crippen LogP contribution in [0.4, 0.5) is 5.69 Å². The van der Waals surface area contributed by atoms with Gasteiger partial charge in [0.2, 0.25) is 0 Å². The average Bonchev–Trinajstić information content (AvgIpc) is 2.83. The summed E-state index contributed by atoms with van der Waals surface area (Å²) in [6.07, 6.45) is 1.71. The molecule has 0 aliphatic heterocycles. The van der Waals surface area contributed by atoms with Crippen LogP contribution in [0.2, 0.25) is 0 Å². The van der Waals surface area contributed by atoms with E-state index in [4.69, 9.17) is 26.4 Å². The molecule has 5 N–H and O–H groups in total. The highest BCUT2D eigenvalue weighted by atomic mass is 16.5. The lowest BCUT2D eigenvalue weighted by Crippen LogP contribution is -2.16. The van der Waals surface area contributed by atoms with Crippen molar-refractivity contribution in [3.8, 4) is 39.6 Å². The zero-order chi connectivity index (χ0) is 24.1. The fourth-order valence-electron chi connectivity index (χ4n) is 3.59. The number of nitrogens with one attached hydrogen (secondary N) is 1. The van der Waals surface area contributed by atoms with Crippen molar-refractivity contribution in [3.05, 3.63) is 90.6 Å². The average molecular weight is 453 g/mol. The molecule has 6 heteroatoms. The summed E-state index contributed by atoms with van der Waals surface area (Å²) in [6.45, 7) is 4.82. The second-order valence-electron chi connectivity index (χ2n) is 8.40. The van der Waals surface area contributed by atoms with Gasteiger partial charge in [0.05, 0.1) is 23.6 Å². The molecule has 1 aromatic heterocycles. The first kappa shape index (κ1) is 22.9. The number of hydrogen-bond acceptors (Lipinski definition) is 5. The molecule has 0 saturated carbocycles. The predicted molar refractivity (Wildman–Crippen MR) is 137 cm³/mol. The molecular formula is C28H28N4O2. The van der Waals surface area contributed by atoms with Gasteiger partial charge >= 0.3 is 0 Å². The van der Waals surface area contributed by atoms with E-state index >= 15 is 0 Å². The van der Waals surface area contributed by atoms with Crippen LogP contribution in [0.15, 0.2) is 85.1 Å². The first-order chi connectivity index (χ1) is 16.4. The number of amidine groups is 1. The van der Waals surface area contributed by atoms with Gasteiger partial charge in [-0.3, -0.25) is 10.4 Å². The number of nitrogens with two attached hydrogens (primary N) is 2. The van der Waals surface area contributed by atoms with Gasteiger partial charge in [-0.15, -0.1) is 0 Å². The van der Waals surface area contributed by atoms with E-state index in [2.05, 4.69) is 18.8 Å². The van der Waals surface area contributed by atoms with Crippen LogP contribution in [0.25, 0.3) is 22.4 Å². The second kappa shape index (κ2) is 10.1. The Hall–Kier alpha value is -4.32. The maximum absolute atomic E-state index is 8.19. The lowest BCUT2D eigenvalue weighted by Gasteiger charge is -2.16. The van der Waals surface area contributed by atoms with Crippen molar-refractivity contribution in [1.29, 1.82) is 5.41 Å². The summed E-state index contributed by atoms with van der Waals surface area (Å²) in [5, 5.41) is 8.19. The van der Waals surface area contributed by atoms with Crippen molar-refractivity contribution < 1.29 is 9.47 Å². The lowest BCUT2D eigenvalue weighted by atomic mass is 9.96. The van der Waals surface area contributed by atoms with E-state index in [9.17, 15) is 0 Å². The minimum Gasteiger partial charge on any atom is -0.493 e. The standard InChI is InChI=1S/C28H28N4O2/c1-18(2)17-33-23-10-6-7-20(15-23)27-26(29)25(28(30)31)24(16-32-27)19-11-13-22(14-12-19)34-21-8-4-3-5-9-21/h3-16,18H,17,29H2,1-2H3,(H3,30,31). The van der Waals surface area contributed by atoms with Gasteiger partial charge in [0.1, 0.15) is 23.1 Å². The van der Waals surface area contributed by atoms with Gasteiger partial charge in [-0.25, -0.2) is 0 Å². The highest BCUT2D eigenvalue weighted by Crippen LogP contribution is 2.35. The van der Waals surface area contributed by atoms with Crippen molar-refractivity contribution in [1.82, 2.24) is 4.98 Å². The Labute approximate surface area is 199 Å². The van der Waals surface area contributed by atoms with E-state index < -0.39 is 0 Å². The minimum absolute atomic E-state index is 0.118. The smallest absolute Gasteiger partial charge is 0.127 e. The first-order valence-electron chi connectivity index (χ1n) is 11.1. The molecule has 0 unspecified atom stereocenters. The molecule has 0 radical (unpaired) electrons. The number of anilines is 1. The van der Waals surface area contributed by atoms with Gasteiger partial charge in [-0.2, -0.15) is 0 Å². The highest BCUT2D eigenvalue weighted by Gasteiger charge is 2.18. The third kappa shape index (κ3) is 5.18. The van der Waals surface area contributed by atoms with Crippen LogP contribution in [0.3, 0.4) is 0 Å². The number of ether oxygens (including phenoxy) is 2. The van der Waals surface area contributed by atoms with Crippen LogP contribution in [0, 0.1) is 11.3 Å². The topological polar surface area (TPSA) is 107 Å². The molecule has 0 saturated heterocycles. The summed E-state index contributed by atoms with van der Waals surface area (Å²) in [5.74, 6) is 2.51. The molecule has 0 fully saturated rings. The predicted octanol–water partition coefficient (Wildman–Crippen LogP) is 6.11. The van der Waals surface area contributed by atoms with E-state index in [1.165, 1.54) is 0 Å². The first-order valence-corrected chi connectivity index (χ1v) is 11.1. The SMILES string of the molecule is CC(C)COc1cccc(-c2ncc(-c3ccc(Oc4ccccc4)cc3)c(C(=N)N)c2N)c1. The molecular weight excluding hydrogens is 424 g/mol. The lowest BCUT2D eigenvalue weighted by molar-refractivity contribution is 0.271. The number of nitrogens with zero attached hydrogens (tertiary/aromatic N) is 1. The van der Waals surface area contributed by atoms with Crippen molar-refractivity contribution in [2.24, 2.45) is 11.7 Å². The summed E-state index contributed by atoms with van der Waals surface area (Å²) in [4.78, 5) is 4.63. The maximum atomic E-state index is 8.19. The zero-order valence-electron chi connectivity index (χ0n) is 19.3. The molecule has 0 aliphatic carbocycles. The Morgan fingerprint density at radius 3 is 2.24 bits per heavy atom. The van der Waals surface area contributed by atoms with Gasteiger partial charge in [0.15, 0.2) is 0 Å². The summed E-state index contributed by atoms with van der Waals surface area (Å²) in [7, 11) is 0. The molecule has 172 valence electrons. The molecule has 34 heavy (non-hydrogen) atoms. The maximum Gasteiger partial charge on any atom is 0.127 e. The van der Waals surface area contributed by atoms with Crippen LogP contribution in [-0.4, -0.2) is 17.4 Å². The quantitative estimate of drug-likeness (QED) is 0.221. The largest absolute Gasteiger partial charge is 0.493 e. The minimum atomic E-state index is -0.118. The van der Waals surface area contributed by atoms with Gasteiger partial charge in [0.25, 0.3) is 0 Å². The van der Waals surface area contributed by atoms with E-state index in [1.54, 1.807) is 6.20 Å². The summed E-state index contributed by atoms with van der Waals surface area (Å²) < 4.78 is 11.7. The highest BCUT2D eigenvalue weighted by molar-refractivity contribution is 6.08. The molecule has 0 amide bonds. The normalized spacial score (nSPS) is 10.8. The summed E-state index contributed by atoms with van der Waals surface area (Å²) in [5.41, 5.74) is 16.2. The van der Waals surface area contributed by atoms with Gasteiger partial charge in [-0.1, -0.05) is 56.3 Å². The van der Waals surface area contributed by atoms with Crippen molar-refractivity contribution in [3.63, 3.8) is 0 Å². The third-order valence-electron chi connectivity index (χ3n) is 5.22. The second-order valence-corrected chi connectivity index (χ2v) is 8.40. The molecule has 0 atom stereocenters. The van der Waals surface area contributed by atoms with E-state index in [0.717, 1.165) is 22.6 Å². The molecule has 0 aliphatic rings. The Kier molecular flexibility index (Phi) is 6.78. The monoisotopic (exact) mass is 452 g/mol. The Balaban J connectivity index is 1.66. The van der Waals surface area contributed by atoms with E-state index in [0.29, 0.717) is 40.8 Å². The van der Waals surface area contributed by atoms with E-state index in [1.807, 2.05) is 78.9 Å². The van der Waals surface area contributed by atoms with Gasteiger partial charge < -0.3 is 20.9 Å². The number of hydrogen-bond donors (Lipinski definition) is 3. The number of nitrogen functional groups attached to an aromatic ring is 2. The summed E-state index contributed by atoms with van der Waals surface area (Å²) in [6, 6.07) is 24.7. The van der Waals surface area contributed by atoms with Crippen molar-refractivity contribution >= 4 is 11.5 Å². The number of aromatic nitrogens is 1. The van der Waals surface area contributed by atoms with Crippen molar-refractivity contribution in [2.45, 2.75) is 13.8 Å². The number of rotatable bonds is 8. The molecule has 0 bridgehead atoms. The van der Waals surface area contributed by atoms with Crippen LogP contribution in [0.1, 0.15) is 19.4 Å². The molecule has 4 aromatic rings. The van der Waals surface area contributed by atoms with Gasteiger partial charge in [0, 0.05) is 17.3 Å². The van der Waals surface area contributed by atoms with Crippen LogP contribution < -0.4 is 20.9 Å². The molecule has 3 aromatic carbocycles. The third-order valence-corrected chi connectivity index (χ3v) is 5.22. The van der Waals surface area contributed by atoms with Crippen LogP contribution in [0.5, 0.6) is 17.2 Å². The summed E-state index contributed by atoms with van der Waals surface area (Å²) >= 11 is 0. The van der Waals surface area contributed by atoms with E-state index in [-0.39, 0.29) is 5.84 Å². The number of benzene rings is 3. The van der Waals surface area contributed by atoms with Crippen LogP contribution >= 0.6 is 0 Å². The Morgan fingerprint density at radius 1 is 0.882 bits per heavy atom. The molecule has 0 spiro atoms. The fraction of sp³-hybridized carbons (Fsp3) is 0.143.